The van der Waals surface area contributed by atoms with Gasteiger partial charge in [-0.2, -0.15) is 0 Å². The Balaban J connectivity index is 1.94. The average molecular weight is 1200 g/mol. The van der Waals surface area contributed by atoms with Crippen molar-refractivity contribution in [1.29, 1.82) is 0 Å². The molecule has 1 rings (SSSR count). The predicted octanol–water partition coefficient (Wildman–Crippen LogP) is 19.0. The number of nitrogens with one attached hydrogen (secondary N) is 1. The van der Waals surface area contributed by atoms with Crippen LogP contribution in [0.15, 0.2) is 36.5 Å². The molecule has 7 unspecified atom stereocenters. The minimum absolute atomic E-state index is 0.0141. The van der Waals surface area contributed by atoms with Gasteiger partial charge in [-0.25, -0.2) is 0 Å². The zero-order valence-corrected chi connectivity index (χ0v) is 55.6. The van der Waals surface area contributed by atoms with Crippen molar-refractivity contribution in [3.8, 4) is 0 Å². The zero-order chi connectivity index (χ0) is 61.6. The molecule has 7 atom stereocenters. The van der Waals surface area contributed by atoms with Crippen LogP contribution in [0.4, 0.5) is 0 Å². The highest BCUT2D eigenvalue weighted by atomic mass is 16.7. The molecule has 1 amide bonds. The van der Waals surface area contributed by atoms with E-state index in [0.29, 0.717) is 19.4 Å². The van der Waals surface area contributed by atoms with Crippen LogP contribution in [0.5, 0.6) is 0 Å². The highest BCUT2D eigenvalue weighted by Crippen LogP contribution is 2.23. The standard InChI is InChI=1S/C74H139NO10/c1-3-5-7-9-11-13-15-37-41-44-48-52-56-60-67(77)66(65-84-74-73(82)72(81)71(80)68(64-76)85-74)75-69(78)61-57-53-49-45-42-38-35-33-31-29-27-25-23-21-19-17-16-18-20-22-24-26-28-30-32-34-36-39-43-47-51-55-59-63-83-70(79)62-58-54-50-46-40-14-12-10-8-6-4-2/h11,13,41,44,56,60,66-68,71-74,76-77,80-82H,3-10,12,14-40,42-43,45-55,57-59,61-65H2,1-2H3,(H,75,78)/b13-11+,44-41+,60-56+. The van der Waals surface area contributed by atoms with E-state index in [4.69, 9.17) is 14.2 Å². The molecule has 0 aromatic carbocycles. The number of aliphatic hydroxyl groups excluding tert-OH is 5. The highest BCUT2D eigenvalue weighted by molar-refractivity contribution is 5.76. The predicted molar refractivity (Wildman–Crippen MR) is 357 cm³/mol. The van der Waals surface area contributed by atoms with Crippen LogP contribution < -0.4 is 5.32 Å². The molecule has 6 N–H and O–H groups in total. The molecule has 0 bridgehead atoms. The minimum Gasteiger partial charge on any atom is -0.466 e. The van der Waals surface area contributed by atoms with Crippen molar-refractivity contribution in [2.75, 3.05) is 19.8 Å². The maximum atomic E-state index is 13.1. The van der Waals surface area contributed by atoms with E-state index in [1.165, 1.54) is 270 Å². The summed E-state index contributed by atoms with van der Waals surface area (Å²) in [7, 11) is 0. The number of carbonyl (C=O) groups excluding carboxylic acids is 2. The van der Waals surface area contributed by atoms with Gasteiger partial charge in [-0.1, -0.05) is 326 Å². The molecule has 11 heteroatoms. The summed E-state index contributed by atoms with van der Waals surface area (Å²) >= 11 is 0. The number of carbonyl (C=O) groups is 2. The van der Waals surface area contributed by atoms with Crippen molar-refractivity contribution >= 4 is 11.9 Å². The summed E-state index contributed by atoms with van der Waals surface area (Å²) in [4.78, 5) is 25.1. The topological polar surface area (TPSA) is 175 Å². The second-order valence-electron chi connectivity index (χ2n) is 25.6. The first kappa shape index (κ1) is 80.9. The van der Waals surface area contributed by atoms with Gasteiger partial charge < -0.3 is 45.1 Å². The lowest BCUT2D eigenvalue weighted by molar-refractivity contribution is -0.302. The van der Waals surface area contributed by atoms with Crippen molar-refractivity contribution in [3.63, 3.8) is 0 Å². The van der Waals surface area contributed by atoms with Crippen molar-refractivity contribution < 1.29 is 49.3 Å². The van der Waals surface area contributed by atoms with Crippen LogP contribution in [-0.4, -0.2) is 100 Å². The van der Waals surface area contributed by atoms with Gasteiger partial charge in [0, 0.05) is 12.8 Å². The van der Waals surface area contributed by atoms with Crippen molar-refractivity contribution in [2.24, 2.45) is 0 Å². The van der Waals surface area contributed by atoms with E-state index in [9.17, 15) is 35.1 Å². The van der Waals surface area contributed by atoms with Gasteiger partial charge in [-0.15, -0.1) is 0 Å². The summed E-state index contributed by atoms with van der Waals surface area (Å²) < 4.78 is 16.7. The monoisotopic (exact) mass is 1200 g/mol. The first-order valence-electron chi connectivity index (χ1n) is 36.8. The Morgan fingerprint density at radius 1 is 0.424 bits per heavy atom. The molecule has 1 saturated heterocycles. The van der Waals surface area contributed by atoms with E-state index in [-0.39, 0.29) is 18.5 Å². The molecule has 0 aromatic rings. The Kier molecular flexibility index (Phi) is 60.4. The minimum atomic E-state index is -1.58. The highest BCUT2D eigenvalue weighted by Gasteiger charge is 2.44. The number of hydrogen-bond acceptors (Lipinski definition) is 10. The first-order valence-corrected chi connectivity index (χ1v) is 36.8. The molecule has 11 nitrogen and oxygen atoms in total. The molecule has 85 heavy (non-hydrogen) atoms. The number of aliphatic hydroxyl groups is 5. The largest absolute Gasteiger partial charge is 0.466 e. The Labute approximate surface area is 523 Å². The van der Waals surface area contributed by atoms with Crippen LogP contribution in [0, 0.1) is 0 Å². The van der Waals surface area contributed by atoms with Crippen LogP contribution in [0.3, 0.4) is 0 Å². The molecule has 0 saturated carbocycles. The summed E-state index contributed by atoms with van der Waals surface area (Å²) in [5.41, 5.74) is 0. The number of ether oxygens (including phenoxy) is 3. The van der Waals surface area contributed by atoms with Gasteiger partial charge in [-0.3, -0.25) is 9.59 Å². The van der Waals surface area contributed by atoms with Crippen LogP contribution in [-0.2, 0) is 23.8 Å². The molecule has 0 aromatic heterocycles. The number of esters is 1. The fraction of sp³-hybridized carbons (Fsp3) is 0.892. The molecule has 1 aliphatic rings. The molecule has 0 radical (unpaired) electrons. The smallest absolute Gasteiger partial charge is 0.305 e. The number of amides is 1. The third-order valence-corrected chi connectivity index (χ3v) is 17.5. The molecule has 1 fully saturated rings. The number of hydrogen-bond donors (Lipinski definition) is 6. The van der Waals surface area contributed by atoms with Gasteiger partial charge in [0.1, 0.15) is 24.4 Å². The number of allylic oxidation sites excluding steroid dienone is 5. The number of rotatable bonds is 65. The van der Waals surface area contributed by atoms with E-state index < -0.39 is 49.5 Å². The van der Waals surface area contributed by atoms with E-state index in [0.717, 1.165) is 64.2 Å². The molecular formula is C74H139NO10. The fourth-order valence-corrected chi connectivity index (χ4v) is 11.7. The van der Waals surface area contributed by atoms with Gasteiger partial charge in [0.25, 0.3) is 0 Å². The van der Waals surface area contributed by atoms with E-state index in [1.807, 2.05) is 6.08 Å². The average Bonchev–Trinajstić information content (AvgIpc) is 3.41. The van der Waals surface area contributed by atoms with Gasteiger partial charge in [0.2, 0.25) is 5.91 Å². The third-order valence-electron chi connectivity index (χ3n) is 17.5. The molecule has 500 valence electrons. The van der Waals surface area contributed by atoms with Gasteiger partial charge in [0.05, 0.1) is 32.0 Å². The van der Waals surface area contributed by atoms with Gasteiger partial charge >= 0.3 is 5.97 Å². The van der Waals surface area contributed by atoms with Crippen LogP contribution in [0.1, 0.15) is 361 Å². The summed E-state index contributed by atoms with van der Waals surface area (Å²) in [6.45, 7) is 4.33. The maximum Gasteiger partial charge on any atom is 0.305 e. The van der Waals surface area contributed by atoms with Crippen LogP contribution >= 0.6 is 0 Å². The van der Waals surface area contributed by atoms with Crippen molar-refractivity contribution in [3.05, 3.63) is 36.5 Å². The first-order chi connectivity index (χ1) is 41.7. The van der Waals surface area contributed by atoms with Crippen LogP contribution in [0.25, 0.3) is 0 Å². The summed E-state index contributed by atoms with van der Waals surface area (Å²) in [5.74, 6) is -0.177. The van der Waals surface area contributed by atoms with Gasteiger partial charge in [-0.05, 0) is 57.8 Å². The molecular weight excluding hydrogens is 1060 g/mol. The summed E-state index contributed by atoms with van der Waals surface area (Å²) in [6.07, 6.45) is 71.6. The van der Waals surface area contributed by atoms with E-state index >= 15 is 0 Å². The molecule has 0 spiro atoms. The Morgan fingerprint density at radius 3 is 1.16 bits per heavy atom. The lowest BCUT2D eigenvalue weighted by atomic mass is 9.99. The van der Waals surface area contributed by atoms with Gasteiger partial charge in [0.15, 0.2) is 6.29 Å². The van der Waals surface area contributed by atoms with E-state index in [1.54, 1.807) is 6.08 Å². The quantitative estimate of drug-likeness (QED) is 0.0195. The summed E-state index contributed by atoms with van der Waals surface area (Å²) in [5, 5.41) is 54.5. The SMILES string of the molecule is CCCCC/C=C/CC/C=C/CC/C=C/C(O)C(COC1OC(CO)C(O)C(O)C1O)NC(=O)CCCCCCCCCCCCCCCCCCCCCCCCCCCCCCCCCCCOC(=O)CCCCCCCCCCCCC. The lowest BCUT2D eigenvalue weighted by Crippen LogP contribution is -2.60. The Morgan fingerprint density at radius 2 is 0.765 bits per heavy atom. The molecule has 1 heterocycles. The van der Waals surface area contributed by atoms with Crippen LogP contribution in [0.2, 0.25) is 0 Å². The van der Waals surface area contributed by atoms with Crippen molar-refractivity contribution in [2.45, 2.75) is 403 Å². The maximum absolute atomic E-state index is 13.1. The second-order valence-corrected chi connectivity index (χ2v) is 25.6. The Hall–Kier alpha value is -2.12. The number of unbranched alkanes of at least 4 members (excludes halogenated alkanes) is 47. The van der Waals surface area contributed by atoms with E-state index in [2.05, 4.69) is 43.5 Å². The zero-order valence-electron chi connectivity index (χ0n) is 55.6. The fourth-order valence-electron chi connectivity index (χ4n) is 11.7. The lowest BCUT2D eigenvalue weighted by Gasteiger charge is -2.40. The Bertz CT molecular complexity index is 1510. The normalized spacial score (nSPS) is 18.1. The molecule has 0 aliphatic carbocycles. The third kappa shape index (κ3) is 52.4. The van der Waals surface area contributed by atoms with Crippen molar-refractivity contribution in [1.82, 2.24) is 5.32 Å². The second kappa shape index (κ2) is 63.4. The molecule has 1 aliphatic heterocycles. The summed E-state index contributed by atoms with van der Waals surface area (Å²) in [6, 6.07) is -0.831.